The number of ketones is 1. The van der Waals surface area contributed by atoms with Crippen LogP contribution in [0.25, 0.3) is 21.0 Å². The maximum Gasteiger partial charge on any atom is 0.237 e. The van der Waals surface area contributed by atoms with Gasteiger partial charge in [0, 0.05) is 5.56 Å². The van der Waals surface area contributed by atoms with E-state index in [4.69, 9.17) is 23.7 Å². The Labute approximate surface area is 201 Å². The molecule has 4 rings (SSSR count). The second-order valence-corrected chi connectivity index (χ2v) is 9.76. The number of H-pyrrole nitrogens is 1. The molecular weight excluding hydrogens is 452 g/mol. The van der Waals surface area contributed by atoms with Gasteiger partial charge in [-0.3, -0.25) is 9.59 Å². The average Bonchev–Trinajstić information content (AvgIpc) is 3.21. The highest BCUT2D eigenvalue weighted by atomic mass is 32.1. The van der Waals surface area contributed by atoms with E-state index in [1.165, 1.54) is 11.3 Å². The van der Waals surface area contributed by atoms with Gasteiger partial charge in [-0.05, 0) is 66.5 Å². The van der Waals surface area contributed by atoms with Gasteiger partial charge in [-0.25, -0.2) is 0 Å². The molecular formula is C25H26N4O2S2. The van der Waals surface area contributed by atoms with E-state index in [1.807, 2.05) is 54.6 Å². The summed E-state index contributed by atoms with van der Waals surface area (Å²) in [5.74, 6) is -0.534. The molecule has 0 spiro atoms. The monoisotopic (exact) mass is 478 g/mol. The quantitative estimate of drug-likeness (QED) is 0.214. The van der Waals surface area contributed by atoms with E-state index >= 15 is 0 Å². The number of thiazole rings is 1. The largest absolute Gasteiger partial charge is 0.345 e. The van der Waals surface area contributed by atoms with Crippen molar-refractivity contribution in [3.05, 3.63) is 75.7 Å². The molecule has 0 saturated carbocycles. The average molecular weight is 479 g/mol. The Kier molecular flexibility index (Phi) is 7.29. The fraction of sp³-hybridized carbons (Fsp3) is 0.240. The molecule has 0 saturated heterocycles. The van der Waals surface area contributed by atoms with Crippen molar-refractivity contribution in [3.63, 3.8) is 0 Å². The van der Waals surface area contributed by atoms with Crippen molar-refractivity contribution >= 4 is 56.2 Å². The van der Waals surface area contributed by atoms with Crippen molar-refractivity contribution in [2.45, 2.75) is 31.3 Å². The second kappa shape index (κ2) is 10.4. The lowest BCUT2D eigenvalue weighted by Gasteiger charge is -2.20. The third kappa shape index (κ3) is 5.36. The van der Waals surface area contributed by atoms with Crippen LogP contribution in [0.3, 0.4) is 0 Å². The number of hydrogen-bond acceptors (Lipinski definition) is 6. The van der Waals surface area contributed by atoms with Crippen molar-refractivity contribution in [1.29, 1.82) is 0 Å². The number of nitrogens with one attached hydrogen (secondary N) is 2. The molecule has 6 N–H and O–H groups in total. The summed E-state index contributed by atoms with van der Waals surface area (Å²) in [6.07, 6.45) is 1.42. The van der Waals surface area contributed by atoms with E-state index in [-0.39, 0.29) is 11.7 Å². The van der Waals surface area contributed by atoms with Crippen LogP contribution in [0.2, 0.25) is 0 Å². The Hall–Kier alpha value is -2.91. The third-order valence-electron chi connectivity index (χ3n) is 5.66. The van der Waals surface area contributed by atoms with Crippen LogP contribution in [0, 0.1) is 3.95 Å². The van der Waals surface area contributed by atoms with E-state index in [0.29, 0.717) is 40.8 Å². The third-order valence-corrected chi connectivity index (χ3v) is 6.86. The Morgan fingerprint density at radius 2 is 1.85 bits per heavy atom. The van der Waals surface area contributed by atoms with E-state index in [9.17, 15) is 9.59 Å². The van der Waals surface area contributed by atoms with Crippen LogP contribution in [-0.4, -0.2) is 35.3 Å². The molecule has 0 aliphatic carbocycles. The number of benzene rings is 3. The van der Waals surface area contributed by atoms with Gasteiger partial charge in [0.1, 0.15) is 0 Å². The summed E-state index contributed by atoms with van der Waals surface area (Å²) in [6.45, 7) is 0.424. The zero-order valence-electron chi connectivity index (χ0n) is 18.0. The first-order valence-corrected chi connectivity index (χ1v) is 12.1. The molecule has 0 bridgehead atoms. The topological polar surface area (TPSA) is 114 Å². The minimum absolute atomic E-state index is 0.177. The minimum Gasteiger partial charge on any atom is -0.345 e. The first-order chi connectivity index (χ1) is 16.0. The molecule has 170 valence electrons. The molecule has 0 aliphatic heterocycles. The van der Waals surface area contributed by atoms with E-state index < -0.39 is 12.1 Å². The molecule has 8 heteroatoms. The molecule has 1 amide bonds. The number of aromatic amines is 1. The van der Waals surface area contributed by atoms with Gasteiger partial charge >= 0.3 is 0 Å². The zero-order chi connectivity index (χ0) is 23.4. The molecule has 1 aromatic heterocycles. The minimum atomic E-state index is -0.776. The van der Waals surface area contributed by atoms with Crippen LogP contribution >= 0.6 is 23.6 Å². The Morgan fingerprint density at radius 1 is 1.06 bits per heavy atom. The summed E-state index contributed by atoms with van der Waals surface area (Å²) in [7, 11) is 0. The van der Waals surface area contributed by atoms with Crippen LogP contribution in [0.1, 0.15) is 28.8 Å². The number of para-hydroxylation sites is 1. The van der Waals surface area contributed by atoms with Crippen molar-refractivity contribution < 1.29 is 9.59 Å². The van der Waals surface area contributed by atoms with Gasteiger partial charge in [0.15, 0.2) is 9.74 Å². The second-order valence-electron chi connectivity index (χ2n) is 8.04. The van der Waals surface area contributed by atoms with Crippen LogP contribution < -0.4 is 16.8 Å². The predicted molar refractivity (Wildman–Crippen MR) is 137 cm³/mol. The van der Waals surface area contributed by atoms with Gasteiger partial charge in [0.2, 0.25) is 5.91 Å². The highest BCUT2D eigenvalue weighted by molar-refractivity contribution is 7.73. The Bertz CT molecular complexity index is 1360. The number of amides is 1. The summed E-state index contributed by atoms with van der Waals surface area (Å²) in [4.78, 5) is 29.4. The zero-order valence-corrected chi connectivity index (χ0v) is 19.7. The lowest BCUT2D eigenvalue weighted by molar-refractivity contribution is -0.122. The fourth-order valence-electron chi connectivity index (χ4n) is 3.95. The number of nitrogens with two attached hydrogens (primary N) is 2. The van der Waals surface area contributed by atoms with E-state index in [0.717, 1.165) is 21.0 Å². The molecule has 0 unspecified atom stereocenters. The van der Waals surface area contributed by atoms with Gasteiger partial charge in [-0.15, -0.1) is 11.3 Å². The van der Waals surface area contributed by atoms with Crippen molar-refractivity contribution in [3.8, 4) is 0 Å². The first kappa shape index (κ1) is 23.3. The summed E-state index contributed by atoms with van der Waals surface area (Å²) >= 11 is 6.65. The molecule has 3 aromatic carbocycles. The van der Waals surface area contributed by atoms with E-state index in [1.54, 1.807) is 6.07 Å². The number of rotatable bonds is 9. The van der Waals surface area contributed by atoms with Gasteiger partial charge in [0.05, 0.1) is 22.3 Å². The fourth-order valence-corrected chi connectivity index (χ4v) is 5.08. The van der Waals surface area contributed by atoms with Crippen LogP contribution in [0.15, 0.2) is 60.7 Å². The standard InChI is InChI=1S/C25H26N4O2S2/c26-12-4-8-20(23(30)18-7-3-9-21-22(18)29-25(32)33-21)28-24(31)19(27)14-15-10-11-16-5-1-2-6-17(16)13-15/h1-3,5-7,9-11,13,19-20H,4,8,12,14,26-27H2,(H,28,31)(H,29,32)/t19-,20-/m0/s1. The van der Waals surface area contributed by atoms with Gasteiger partial charge in [0.25, 0.3) is 0 Å². The summed E-state index contributed by atoms with van der Waals surface area (Å²) in [5.41, 5.74) is 14.1. The number of carbonyl (C=O) groups is 2. The van der Waals surface area contributed by atoms with Crippen LogP contribution in [0.4, 0.5) is 0 Å². The van der Waals surface area contributed by atoms with Crippen molar-refractivity contribution in [1.82, 2.24) is 10.3 Å². The van der Waals surface area contributed by atoms with Gasteiger partial charge < -0.3 is 21.8 Å². The SMILES string of the molecule is NCCC[C@H](NC(=O)[C@@H](N)Cc1ccc2ccccc2c1)C(=O)c1cccc2sc(=S)[nH]c12. The first-order valence-electron chi connectivity index (χ1n) is 10.9. The maximum atomic E-state index is 13.4. The van der Waals surface area contributed by atoms with Crippen LogP contribution in [0.5, 0.6) is 0 Å². The highest BCUT2D eigenvalue weighted by Crippen LogP contribution is 2.24. The van der Waals surface area contributed by atoms with E-state index in [2.05, 4.69) is 10.3 Å². The lowest BCUT2D eigenvalue weighted by atomic mass is 9.97. The maximum absolute atomic E-state index is 13.4. The number of carbonyl (C=O) groups excluding carboxylic acids is 2. The lowest BCUT2D eigenvalue weighted by Crippen LogP contribution is -2.49. The molecule has 33 heavy (non-hydrogen) atoms. The van der Waals surface area contributed by atoms with Crippen molar-refractivity contribution in [2.24, 2.45) is 11.5 Å². The number of hydrogen-bond donors (Lipinski definition) is 4. The normalized spacial score (nSPS) is 13.2. The Morgan fingerprint density at radius 3 is 2.64 bits per heavy atom. The molecule has 0 fully saturated rings. The molecule has 6 nitrogen and oxygen atoms in total. The highest BCUT2D eigenvalue weighted by Gasteiger charge is 2.26. The van der Waals surface area contributed by atoms with Crippen molar-refractivity contribution in [2.75, 3.05) is 6.54 Å². The predicted octanol–water partition coefficient (Wildman–Crippen LogP) is 4.09. The molecule has 0 aliphatic rings. The van der Waals surface area contributed by atoms with Crippen LogP contribution in [-0.2, 0) is 11.2 Å². The summed E-state index contributed by atoms with van der Waals surface area (Å²) < 4.78 is 1.51. The molecule has 0 radical (unpaired) electrons. The van der Waals surface area contributed by atoms with Gasteiger partial charge in [-0.1, -0.05) is 48.5 Å². The summed E-state index contributed by atoms with van der Waals surface area (Å²) in [6, 6.07) is 18.1. The molecule has 2 atom stereocenters. The Balaban J connectivity index is 1.51. The van der Waals surface area contributed by atoms with Gasteiger partial charge in [-0.2, -0.15) is 0 Å². The molecule has 4 aromatic rings. The number of fused-ring (bicyclic) bond motifs is 2. The molecule has 1 heterocycles. The smallest absolute Gasteiger partial charge is 0.237 e. The number of aromatic nitrogens is 1. The number of Topliss-reactive ketones (excluding diaryl/α,β-unsaturated/α-hetero) is 1. The summed E-state index contributed by atoms with van der Waals surface area (Å²) in [5, 5.41) is 5.10.